The topological polar surface area (TPSA) is 80.2 Å². The molecular weight excluding hydrogens is 417 g/mol. The second-order valence-corrected chi connectivity index (χ2v) is 12.1. The fourth-order valence-corrected chi connectivity index (χ4v) is 6.73. The Kier molecular flexibility index (Phi) is 5.25. The van der Waals surface area contributed by atoms with Crippen LogP contribution in [-0.4, -0.2) is 37.7 Å². The molecule has 0 saturated heterocycles. The van der Waals surface area contributed by atoms with E-state index in [4.69, 9.17) is 0 Å². The SMILES string of the molecule is Cc1c(C(=O)NC2C3(C)CCC(C3)C2(C)C)c2cccc(F)c2n1CCNS(C)(=O)=O. The lowest BCUT2D eigenvalue weighted by molar-refractivity contribution is 0.0738. The maximum absolute atomic E-state index is 14.8. The number of carbonyl (C=O) groups excluding carboxylic acids is 1. The summed E-state index contributed by atoms with van der Waals surface area (Å²) in [6.07, 6.45) is 4.52. The molecule has 2 bridgehead atoms. The molecule has 31 heavy (non-hydrogen) atoms. The molecule has 1 heterocycles. The van der Waals surface area contributed by atoms with E-state index in [9.17, 15) is 17.6 Å². The highest BCUT2D eigenvalue weighted by Crippen LogP contribution is 2.62. The normalized spacial score (nSPS) is 27.2. The Morgan fingerprint density at radius 1 is 1.29 bits per heavy atom. The van der Waals surface area contributed by atoms with Gasteiger partial charge in [-0.05, 0) is 49.0 Å². The molecule has 8 heteroatoms. The number of amides is 1. The van der Waals surface area contributed by atoms with Gasteiger partial charge in [-0.25, -0.2) is 17.5 Å². The molecule has 0 spiro atoms. The Morgan fingerprint density at radius 3 is 2.61 bits per heavy atom. The van der Waals surface area contributed by atoms with E-state index < -0.39 is 15.8 Å². The third-order valence-corrected chi connectivity index (χ3v) is 8.49. The lowest BCUT2D eigenvalue weighted by Crippen LogP contribution is -2.52. The molecule has 2 fully saturated rings. The molecule has 4 rings (SSSR count). The number of sulfonamides is 1. The maximum Gasteiger partial charge on any atom is 0.253 e. The largest absolute Gasteiger partial charge is 0.348 e. The molecule has 1 amide bonds. The Morgan fingerprint density at radius 2 is 2.00 bits per heavy atom. The van der Waals surface area contributed by atoms with Gasteiger partial charge in [0.1, 0.15) is 5.82 Å². The Balaban J connectivity index is 1.70. The summed E-state index contributed by atoms with van der Waals surface area (Å²) >= 11 is 0. The van der Waals surface area contributed by atoms with Crippen LogP contribution < -0.4 is 10.0 Å². The summed E-state index contributed by atoms with van der Waals surface area (Å²) in [7, 11) is -3.36. The zero-order valence-electron chi connectivity index (χ0n) is 18.9. The highest BCUT2D eigenvalue weighted by atomic mass is 32.2. The number of nitrogens with zero attached hydrogens (tertiary/aromatic N) is 1. The molecule has 170 valence electrons. The van der Waals surface area contributed by atoms with Gasteiger partial charge in [0.25, 0.3) is 5.91 Å². The van der Waals surface area contributed by atoms with E-state index in [-0.39, 0.29) is 35.9 Å². The van der Waals surface area contributed by atoms with E-state index in [1.807, 2.05) is 0 Å². The van der Waals surface area contributed by atoms with Crippen LogP contribution in [0.4, 0.5) is 4.39 Å². The lowest BCUT2D eigenvalue weighted by Gasteiger charge is -2.43. The summed E-state index contributed by atoms with van der Waals surface area (Å²) < 4.78 is 41.8. The van der Waals surface area contributed by atoms with Crippen molar-refractivity contribution in [3.63, 3.8) is 0 Å². The van der Waals surface area contributed by atoms with Gasteiger partial charge >= 0.3 is 0 Å². The van der Waals surface area contributed by atoms with Gasteiger partial charge in [0.05, 0.1) is 17.3 Å². The molecular formula is C23H32FN3O3S. The zero-order valence-corrected chi connectivity index (χ0v) is 19.7. The van der Waals surface area contributed by atoms with E-state index >= 15 is 0 Å². The number of hydrogen-bond donors (Lipinski definition) is 2. The first-order valence-corrected chi connectivity index (χ1v) is 12.8. The van der Waals surface area contributed by atoms with Crippen LogP contribution in [0, 0.1) is 29.5 Å². The highest BCUT2D eigenvalue weighted by Gasteiger charge is 2.59. The number of nitrogens with one attached hydrogen (secondary N) is 2. The van der Waals surface area contributed by atoms with Crippen molar-refractivity contribution in [3.05, 3.63) is 35.3 Å². The Labute approximate surface area is 183 Å². The average Bonchev–Trinajstić information content (AvgIpc) is 3.23. The van der Waals surface area contributed by atoms with Crippen molar-refractivity contribution in [2.24, 2.45) is 16.7 Å². The quantitative estimate of drug-likeness (QED) is 0.707. The summed E-state index contributed by atoms with van der Waals surface area (Å²) in [6.45, 7) is 8.88. The van der Waals surface area contributed by atoms with Crippen LogP contribution in [-0.2, 0) is 16.6 Å². The Hall–Kier alpha value is -1.93. The molecule has 2 aliphatic carbocycles. The number of benzene rings is 1. The van der Waals surface area contributed by atoms with Gasteiger partial charge in [-0.3, -0.25) is 4.79 Å². The van der Waals surface area contributed by atoms with Gasteiger partial charge in [-0.2, -0.15) is 0 Å². The molecule has 2 saturated carbocycles. The molecule has 2 aromatic rings. The van der Waals surface area contributed by atoms with E-state index in [1.165, 1.54) is 12.5 Å². The van der Waals surface area contributed by atoms with Crippen molar-refractivity contribution in [1.82, 2.24) is 14.6 Å². The van der Waals surface area contributed by atoms with Gasteiger partial charge in [0.15, 0.2) is 0 Å². The molecule has 6 nitrogen and oxygen atoms in total. The number of para-hydroxylation sites is 1. The number of hydrogen-bond acceptors (Lipinski definition) is 3. The van der Waals surface area contributed by atoms with Gasteiger partial charge < -0.3 is 9.88 Å². The first-order chi connectivity index (χ1) is 14.3. The van der Waals surface area contributed by atoms with Crippen molar-refractivity contribution >= 4 is 26.8 Å². The molecule has 3 atom stereocenters. The fraction of sp³-hybridized carbons (Fsp3) is 0.609. The summed E-state index contributed by atoms with van der Waals surface area (Å²) in [4.78, 5) is 13.5. The van der Waals surface area contributed by atoms with E-state index in [0.29, 0.717) is 28.1 Å². The van der Waals surface area contributed by atoms with Crippen molar-refractivity contribution in [1.29, 1.82) is 0 Å². The molecule has 3 unspecified atom stereocenters. The van der Waals surface area contributed by atoms with Crippen LogP contribution in [0.5, 0.6) is 0 Å². The van der Waals surface area contributed by atoms with E-state index in [0.717, 1.165) is 19.1 Å². The summed E-state index contributed by atoms with van der Waals surface area (Å²) in [6, 6.07) is 4.79. The number of aromatic nitrogens is 1. The third-order valence-electron chi connectivity index (χ3n) is 7.76. The van der Waals surface area contributed by atoms with Crippen molar-refractivity contribution in [3.8, 4) is 0 Å². The predicted molar refractivity (Wildman–Crippen MR) is 120 cm³/mol. The van der Waals surface area contributed by atoms with Gasteiger partial charge in [0.2, 0.25) is 10.0 Å². The first-order valence-electron chi connectivity index (χ1n) is 10.9. The maximum atomic E-state index is 14.8. The summed E-state index contributed by atoms with van der Waals surface area (Å²) in [5.41, 5.74) is 1.54. The lowest BCUT2D eigenvalue weighted by atomic mass is 9.68. The van der Waals surface area contributed by atoms with Crippen LogP contribution in [0.3, 0.4) is 0 Å². The van der Waals surface area contributed by atoms with Crippen LogP contribution in [0.2, 0.25) is 0 Å². The summed E-state index contributed by atoms with van der Waals surface area (Å²) in [5.74, 6) is -0.00857. The third kappa shape index (κ3) is 3.67. The van der Waals surface area contributed by atoms with E-state index in [2.05, 4.69) is 30.8 Å². The van der Waals surface area contributed by atoms with Crippen LogP contribution in [0.25, 0.3) is 10.9 Å². The molecule has 0 aliphatic heterocycles. The van der Waals surface area contributed by atoms with Gasteiger partial charge in [-0.1, -0.05) is 32.9 Å². The second kappa shape index (κ2) is 7.30. The standard InChI is InChI=1S/C23H32FN3O3S/c1-14-18(20(28)26-21-22(2,3)15-9-10-23(21,4)13-15)16-7-6-8-17(24)19(16)27(14)12-11-25-31(5,29)30/h6-8,15,21,25H,9-13H2,1-5H3,(H,26,28). The molecule has 2 aliphatic rings. The zero-order chi connectivity index (χ0) is 22.8. The average molecular weight is 450 g/mol. The Bertz CT molecular complexity index is 1150. The van der Waals surface area contributed by atoms with Crippen LogP contribution >= 0.6 is 0 Å². The molecule has 2 N–H and O–H groups in total. The minimum atomic E-state index is -3.36. The minimum Gasteiger partial charge on any atom is -0.348 e. The van der Waals surface area contributed by atoms with Crippen LogP contribution in [0.15, 0.2) is 18.2 Å². The minimum absolute atomic E-state index is 0.0135. The molecule has 0 radical (unpaired) electrons. The van der Waals surface area contributed by atoms with Crippen molar-refractivity contribution in [2.75, 3.05) is 12.8 Å². The van der Waals surface area contributed by atoms with Crippen molar-refractivity contribution in [2.45, 2.75) is 59.5 Å². The van der Waals surface area contributed by atoms with Gasteiger partial charge in [0, 0.05) is 30.2 Å². The number of fused-ring (bicyclic) bond motifs is 3. The first kappa shape index (κ1) is 22.3. The predicted octanol–water partition coefficient (Wildman–Crippen LogP) is 3.58. The smallest absolute Gasteiger partial charge is 0.253 e. The number of halogens is 1. The van der Waals surface area contributed by atoms with Crippen LogP contribution in [0.1, 0.15) is 56.1 Å². The summed E-state index contributed by atoms with van der Waals surface area (Å²) in [5, 5.41) is 3.87. The monoisotopic (exact) mass is 449 g/mol. The highest BCUT2D eigenvalue weighted by molar-refractivity contribution is 7.88. The molecule has 1 aromatic heterocycles. The van der Waals surface area contributed by atoms with Gasteiger partial charge in [-0.15, -0.1) is 0 Å². The number of carbonyl (C=O) groups is 1. The fourth-order valence-electron chi connectivity index (χ4n) is 6.26. The van der Waals surface area contributed by atoms with Crippen molar-refractivity contribution < 1.29 is 17.6 Å². The second-order valence-electron chi connectivity index (χ2n) is 10.2. The number of rotatable bonds is 6. The van der Waals surface area contributed by atoms with E-state index in [1.54, 1.807) is 23.6 Å². The molecule has 1 aromatic carbocycles.